The second-order valence-corrected chi connectivity index (χ2v) is 7.40. The van der Waals surface area contributed by atoms with Crippen molar-refractivity contribution in [3.05, 3.63) is 62.5 Å². The van der Waals surface area contributed by atoms with Crippen LogP contribution in [0, 0.1) is 5.92 Å². The van der Waals surface area contributed by atoms with Crippen molar-refractivity contribution in [1.82, 2.24) is 9.78 Å². The zero-order chi connectivity index (χ0) is 19.7. The first-order chi connectivity index (χ1) is 12.8. The standard InChI is InChI=1S/C19H18Cl2N4O2/c1-10(2)9-25-19(27)13-6-4-3-5-12(13)17(24-25)18(26)23-11-7-14(20)16(22)15(21)8-11/h3-8,10H,9,22H2,1-2H3,(H,23,26). The van der Waals surface area contributed by atoms with Gasteiger partial charge < -0.3 is 11.1 Å². The van der Waals surface area contributed by atoms with E-state index in [4.69, 9.17) is 28.9 Å². The third-order valence-corrected chi connectivity index (χ3v) is 4.58. The van der Waals surface area contributed by atoms with Crippen LogP contribution in [0.15, 0.2) is 41.2 Å². The fourth-order valence-electron chi connectivity index (χ4n) is 2.72. The number of halogens is 2. The molecule has 0 saturated heterocycles. The number of nitrogens with two attached hydrogens (primary N) is 1. The SMILES string of the molecule is CC(C)Cn1nc(C(=O)Nc2cc(Cl)c(N)c(Cl)c2)c2ccccc2c1=O. The van der Waals surface area contributed by atoms with Crippen molar-refractivity contribution in [3.8, 4) is 0 Å². The number of nitrogens with one attached hydrogen (secondary N) is 1. The van der Waals surface area contributed by atoms with Gasteiger partial charge in [0.05, 0.1) is 21.1 Å². The highest BCUT2D eigenvalue weighted by atomic mass is 35.5. The van der Waals surface area contributed by atoms with E-state index in [1.807, 2.05) is 13.8 Å². The maximum absolute atomic E-state index is 12.9. The van der Waals surface area contributed by atoms with E-state index in [-0.39, 0.29) is 32.9 Å². The summed E-state index contributed by atoms with van der Waals surface area (Å²) in [5, 5.41) is 8.41. The van der Waals surface area contributed by atoms with Crippen LogP contribution in [0.1, 0.15) is 24.3 Å². The molecule has 0 saturated carbocycles. The number of hydrogen-bond acceptors (Lipinski definition) is 4. The second-order valence-electron chi connectivity index (χ2n) is 6.58. The Morgan fingerprint density at radius 1 is 1.19 bits per heavy atom. The van der Waals surface area contributed by atoms with Crippen LogP contribution in [0.2, 0.25) is 10.0 Å². The van der Waals surface area contributed by atoms with Gasteiger partial charge in [-0.15, -0.1) is 0 Å². The molecule has 27 heavy (non-hydrogen) atoms. The topological polar surface area (TPSA) is 90.0 Å². The number of hydrogen-bond donors (Lipinski definition) is 2. The van der Waals surface area contributed by atoms with Crippen LogP contribution in [-0.2, 0) is 6.54 Å². The smallest absolute Gasteiger partial charge is 0.276 e. The van der Waals surface area contributed by atoms with E-state index in [0.29, 0.717) is 23.0 Å². The average molecular weight is 405 g/mol. The highest BCUT2D eigenvalue weighted by Crippen LogP contribution is 2.31. The van der Waals surface area contributed by atoms with Gasteiger partial charge in [0, 0.05) is 17.6 Å². The number of nitrogen functional groups attached to an aromatic ring is 1. The summed E-state index contributed by atoms with van der Waals surface area (Å²) >= 11 is 12.1. The van der Waals surface area contributed by atoms with E-state index in [2.05, 4.69) is 10.4 Å². The van der Waals surface area contributed by atoms with Crippen molar-refractivity contribution < 1.29 is 4.79 Å². The Labute approximate surface area is 165 Å². The molecule has 3 rings (SSSR count). The fourth-order valence-corrected chi connectivity index (χ4v) is 3.21. The number of carbonyl (C=O) groups excluding carboxylic acids is 1. The van der Waals surface area contributed by atoms with Crippen LogP contribution >= 0.6 is 23.2 Å². The summed E-state index contributed by atoms with van der Waals surface area (Å²) in [4.78, 5) is 25.5. The summed E-state index contributed by atoms with van der Waals surface area (Å²) in [6, 6.07) is 9.90. The van der Waals surface area contributed by atoms with E-state index in [9.17, 15) is 9.59 Å². The van der Waals surface area contributed by atoms with Gasteiger partial charge in [-0.05, 0) is 24.1 Å². The molecule has 1 heterocycles. The van der Waals surface area contributed by atoms with Gasteiger partial charge >= 0.3 is 0 Å². The molecular formula is C19H18Cl2N4O2. The summed E-state index contributed by atoms with van der Waals surface area (Å²) in [6.45, 7) is 4.35. The minimum Gasteiger partial charge on any atom is -0.396 e. The lowest BCUT2D eigenvalue weighted by Crippen LogP contribution is -2.29. The number of carbonyl (C=O) groups is 1. The Morgan fingerprint density at radius 3 is 2.37 bits per heavy atom. The Bertz CT molecular complexity index is 1070. The number of anilines is 2. The van der Waals surface area contributed by atoms with Gasteiger partial charge in [-0.2, -0.15) is 5.10 Å². The molecule has 0 bridgehead atoms. The number of nitrogens with zero attached hydrogens (tertiary/aromatic N) is 2. The molecule has 0 atom stereocenters. The Kier molecular flexibility index (Phi) is 5.39. The first-order valence-electron chi connectivity index (χ1n) is 8.33. The Morgan fingerprint density at radius 2 is 1.78 bits per heavy atom. The zero-order valence-corrected chi connectivity index (χ0v) is 16.3. The van der Waals surface area contributed by atoms with Crippen LogP contribution in [0.3, 0.4) is 0 Å². The molecule has 2 aromatic carbocycles. The van der Waals surface area contributed by atoms with E-state index >= 15 is 0 Å². The van der Waals surface area contributed by atoms with Gasteiger partial charge in [-0.1, -0.05) is 55.2 Å². The number of amides is 1. The van der Waals surface area contributed by atoms with Crippen LogP contribution in [0.4, 0.5) is 11.4 Å². The van der Waals surface area contributed by atoms with Gasteiger partial charge in [0.15, 0.2) is 5.69 Å². The van der Waals surface area contributed by atoms with E-state index in [1.165, 1.54) is 16.8 Å². The van der Waals surface area contributed by atoms with E-state index in [1.54, 1.807) is 24.3 Å². The predicted molar refractivity (Wildman–Crippen MR) is 110 cm³/mol. The minimum absolute atomic E-state index is 0.148. The molecule has 0 aliphatic carbocycles. The van der Waals surface area contributed by atoms with Gasteiger partial charge in [-0.25, -0.2) is 4.68 Å². The molecular weight excluding hydrogens is 387 g/mol. The predicted octanol–water partition coefficient (Wildman–Crippen LogP) is 4.19. The van der Waals surface area contributed by atoms with Crippen LogP contribution in [-0.4, -0.2) is 15.7 Å². The average Bonchev–Trinajstić information content (AvgIpc) is 2.61. The molecule has 1 amide bonds. The maximum atomic E-state index is 12.9. The van der Waals surface area contributed by atoms with Gasteiger partial charge in [0.25, 0.3) is 11.5 Å². The number of benzene rings is 2. The first kappa shape index (κ1) is 19.2. The largest absolute Gasteiger partial charge is 0.396 e. The summed E-state index contributed by atoms with van der Waals surface area (Å²) in [6.07, 6.45) is 0. The van der Waals surface area contributed by atoms with E-state index < -0.39 is 5.91 Å². The third kappa shape index (κ3) is 3.91. The normalized spacial score (nSPS) is 11.1. The number of aromatic nitrogens is 2. The highest BCUT2D eigenvalue weighted by molar-refractivity contribution is 6.39. The number of rotatable bonds is 4. The first-order valence-corrected chi connectivity index (χ1v) is 9.09. The molecule has 0 radical (unpaired) electrons. The lowest BCUT2D eigenvalue weighted by molar-refractivity contribution is 0.102. The summed E-state index contributed by atoms with van der Waals surface area (Å²) in [5.74, 6) is -0.275. The van der Waals surface area contributed by atoms with Gasteiger partial charge in [0.2, 0.25) is 0 Å². The highest BCUT2D eigenvalue weighted by Gasteiger charge is 2.18. The summed E-state index contributed by atoms with van der Waals surface area (Å²) in [5.41, 5.74) is 6.27. The zero-order valence-electron chi connectivity index (χ0n) is 14.8. The number of fused-ring (bicyclic) bond motifs is 1. The van der Waals surface area contributed by atoms with Crippen molar-refractivity contribution >= 4 is 51.3 Å². The van der Waals surface area contributed by atoms with Crippen molar-refractivity contribution in [2.75, 3.05) is 11.1 Å². The molecule has 3 aromatic rings. The molecule has 0 unspecified atom stereocenters. The van der Waals surface area contributed by atoms with Crippen LogP contribution in [0.5, 0.6) is 0 Å². The van der Waals surface area contributed by atoms with Crippen molar-refractivity contribution in [2.24, 2.45) is 5.92 Å². The molecule has 140 valence electrons. The van der Waals surface area contributed by atoms with Crippen molar-refractivity contribution in [3.63, 3.8) is 0 Å². The van der Waals surface area contributed by atoms with Crippen molar-refractivity contribution in [2.45, 2.75) is 20.4 Å². The molecule has 6 nitrogen and oxygen atoms in total. The summed E-state index contributed by atoms with van der Waals surface area (Å²) in [7, 11) is 0. The molecule has 0 aliphatic heterocycles. The second kappa shape index (κ2) is 7.58. The maximum Gasteiger partial charge on any atom is 0.276 e. The fraction of sp³-hybridized carbons (Fsp3) is 0.211. The van der Waals surface area contributed by atoms with Gasteiger partial charge in [0.1, 0.15) is 0 Å². The molecule has 1 aromatic heterocycles. The minimum atomic E-state index is -0.472. The lowest BCUT2D eigenvalue weighted by Gasteiger charge is -2.13. The van der Waals surface area contributed by atoms with Gasteiger partial charge in [-0.3, -0.25) is 9.59 Å². The summed E-state index contributed by atoms with van der Waals surface area (Å²) < 4.78 is 1.32. The van der Waals surface area contributed by atoms with E-state index in [0.717, 1.165) is 0 Å². The van der Waals surface area contributed by atoms with Crippen LogP contribution in [0.25, 0.3) is 10.8 Å². The molecule has 0 spiro atoms. The quantitative estimate of drug-likeness (QED) is 0.637. The monoisotopic (exact) mass is 404 g/mol. The molecule has 3 N–H and O–H groups in total. The Balaban J connectivity index is 2.08. The van der Waals surface area contributed by atoms with Crippen molar-refractivity contribution in [1.29, 1.82) is 0 Å². The third-order valence-electron chi connectivity index (χ3n) is 3.96. The molecule has 0 fully saturated rings. The lowest BCUT2D eigenvalue weighted by atomic mass is 10.1. The molecule has 8 heteroatoms. The molecule has 0 aliphatic rings. The van der Waals surface area contributed by atoms with Crippen LogP contribution < -0.4 is 16.6 Å². The Hall–Kier alpha value is -2.57.